The van der Waals surface area contributed by atoms with E-state index >= 15 is 0 Å². The zero-order valence-electron chi connectivity index (χ0n) is 8.83. The van der Waals surface area contributed by atoms with E-state index in [2.05, 4.69) is 0 Å². The van der Waals surface area contributed by atoms with Gasteiger partial charge in [0, 0.05) is 0 Å². The summed E-state index contributed by atoms with van der Waals surface area (Å²) >= 11 is 0. The highest BCUT2D eigenvalue weighted by Crippen LogP contribution is 2.33. The SMILES string of the molecule is Cc1ccc(C(N)C2CCCCC2)o1. The van der Waals surface area contributed by atoms with Gasteiger partial charge in [-0.1, -0.05) is 19.3 Å². The lowest BCUT2D eigenvalue weighted by molar-refractivity contribution is 0.278. The highest BCUT2D eigenvalue weighted by molar-refractivity contribution is 5.10. The number of furan rings is 1. The fraction of sp³-hybridized carbons (Fsp3) is 0.667. The van der Waals surface area contributed by atoms with Crippen molar-refractivity contribution in [3.05, 3.63) is 23.7 Å². The average Bonchev–Trinajstić information content (AvgIpc) is 2.65. The lowest BCUT2D eigenvalue weighted by Crippen LogP contribution is -2.22. The molecule has 0 amide bonds. The van der Waals surface area contributed by atoms with Crippen LogP contribution in [0, 0.1) is 12.8 Å². The predicted octanol–water partition coefficient (Wildman–Crippen LogP) is 3.17. The van der Waals surface area contributed by atoms with Crippen molar-refractivity contribution >= 4 is 0 Å². The molecule has 2 N–H and O–H groups in total. The maximum Gasteiger partial charge on any atom is 0.121 e. The minimum Gasteiger partial charge on any atom is -0.465 e. The summed E-state index contributed by atoms with van der Waals surface area (Å²) in [5.41, 5.74) is 6.19. The molecule has 1 aliphatic carbocycles. The van der Waals surface area contributed by atoms with Gasteiger partial charge in [0.15, 0.2) is 0 Å². The van der Waals surface area contributed by atoms with E-state index in [1.807, 2.05) is 19.1 Å². The zero-order chi connectivity index (χ0) is 9.97. The lowest BCUT2D eigenvalue weighted by atomic mass is 9.83. The van der Waals surface area contributed by atoms with Gasteiger partial charge in [-0.25, -0.2) is 0 Å². The van der Waals surface area contributed by atoms with E-state index in [-0.39, 0.29) is 6.04 Å². The van der Waals surface area contributed by atoms with E-state index < -0.39 is 0 Å². The minimum atomic E-state index is 0.115. The summed E-state index contributed by atoms with van der Waals surface area (Å²) in [6.07, 6.45) is 6.57. The van der Waals surface area contributed by atoms with Gasteiger partial charge in [-0.2, -0.15) is 0 Å². The zero-order valence-corrected chi connectivity index (χ0v) is 8.83. The van der Waals surface area contributed by atoms with Gasteiger partial charge in [-0.05, 0) is 37.8 Å². The van der Waals surface area contributed by atoms with Gasteiger partial charge in [0.05, 0.1) is 6.04 Å². The van der Waals surface area contributed by atoms with Crippen LogP contribution in [0.4, 0.5) is 0 Å². The van der Waals surface area contributed by atoms with Gasteiger partial charge in [0.25, 0.3) is 0 Å². The molecule has 1 aromatic rings. The van der Waals surface area contributed by atoms with Crippen molar-refractivity contribution < 1.29 is 4.42 Å². The van der Waals surface area contributed by atoms with Crippen LogP contribution in [0.2, 0.25) is 0 Å². The molecule has 1 atom stereocenters. The monoisotopic (exact) mass is 193 g/mol. The molecule has 78 valence electrons. The van der Waals surface area contributed by atoms with Crippen LogP contribution >= 0.6 is 0 Å². The highest BCUT2D eigenvalue weighted by Gasteiger charge is 2.23. The molecule has 2 heteroatoms. The molecule has 1 aliphatic rings. The van der Waals surface area contributed by atoms with Crippen molar-refractivity contribution in [2.24, 2.45) is 11.7 Å². The third kappa shape index (κ3) is 2.01. The van der Waals surface area contributed by atoms with Crippen LogP contribution in [0.5, 0.6) is 0 Å². The van der Waals surface area contributed by atoms with Crippen molar-refractivity contribution in [1.29, 1.82) is 0 Å². The van der Waals surface area contributed by atoms with Crippen LogP contribution in [0.1, 0.15) is 49.7 Å². The molecule has 1 fully saturated rings. The van der Waals surface area contributed by atoms with E-state index in [4.69, 9.17) is 10.2 Å². The number of nitrogens with two attached hydrogens (primary N) is 1. The van der Waals surface area contributed by atoms with Gasteiger partial charge >= 0.3 is 0 Å². The molecule has 0 radical (unpaired) electrons. The van der Waals surface area contributed by atoms with Gasteiger partial charge < -0.3 is 10.2 Å². The smallest absolute Gasteiger partial charge is 0.121 e. The highest BCUT2D eigenvalue weighted by atomic mass is 16.3. The maximum absolute atomic E-state index is 6.19. The van der Waals surface area contributed by atoms with Gasteiger partial charge in [0.2, 0.25) is 0 Å². The van der Waals surface area contributed by atoms with Crippen LogP contribution in [-0.2, 0) is 0 Å². The van der Waals surface area contributed by atoms with Crippen molar-refractivity contribution in [2.75, 3.05) is 0 Å². The number of aryl methyl sites for hydroxylation is 1. The Hall–Kier alpha value is -0.760. The first-order valence-corrected chi connectivity index (χ1v) is 5.59. The first-order chi connectivity index (χ1) is 6.77. The first-order valence-electron chi connectivity index (χ1n) is 5.59. The second-order valence-corrected chi connectivity index (χ2v) is 4.37. The lowest BCUT2D eigenvalue weighted by Gasteiger charge is -2.25. The standard InChI is InChI=1S/C12H19NO/c1-9-7-8-11(14-9)12(13)10-5-3-2-4-6-10/h7-8,10,12H,2-6,13H2,1H3. The summed E-state index contributed by atoms with van der Waals surface area (Å²) in [7, 11) is 0. The Bertz CT molecular complexity index is 286. The predicted molar refractivity (Wildman–Crippen MR) is 56.9 cm³/mol. The Balaban J connectivity index is 2.03. The summed E-state index contributed by atoms with van der Waals surface area (Å²) in [5.74, 6) is 2.56. The van der Waals surface area contributed by atoms with Crippen molar-refractivity contribution in [3.8, 4) is 0 Å². The Morgan fingerprint density at radius 2 is 2.00 bits per heavy atom. The topological polar surface area (TPSA) is 39.2 Å². The average molecular weight is 193 g/mol. The maximum atomic E-state index is 6.19. The number of hydrogen-bond acceptors (Lipinski definition) is 2. The normalized spacial score (nSPS) is 21.0. The van der Waals surface area contributed by atoms with Crippen molar-refractivity contribution in [1.82, 2.24) is 0 Å². The molecule has 1 saturated carbocycles. The van der Waals surface area contributed by atoms with Crippen LogP contribution in [-0.4, -0.2) is 0 Å². The van der Waals surface area contributed by atoms with Crippen molar-refractivity contribution in [2.45, 2.75) is 45.1 Å². The summed E-state index contributed by atoms with van der Waals surface area (Å²) < 4.78 is 5.57. The number of rotatable bonds is 2. The molecule has 2 nitrogen and oxygen atoms in total. The largest absolute Gasteiger partial charge is 0.465 e. The Labute approximate surface area is 85.5 Å². The summed E-state index contributed by atoms with van der Waals surface area (Å²) in [6, 6.07) is 4.14. The van der Waals surface area contributed by atoms with Crippen LogP contribution in [0.15, 0.2) is 16.5 Å². The second kappa shape index (κ2) is 4.18. The van der Waals surface area contributed by atoms with Gasteiger partial charge in [-0.15, -0.1) is 0 Å². The molecular formula is C12H19NO. The molecule has 1 heterocycles. The van der Waals surface area contributed by atoms with Crippen molar-refractivity contribution in [3.63, 3.8) is 0 Å². The minimum absolute atomic E-state index is 0.115. The molecule has 0 aliphatic heterocycles. The molecule has 14 heavy (non-hydrogen) atoms. The molecule has 0 saturated heterocycles. The molecule has 2 rings (SSSR count). The van der Waals surface area contributed by atoms with E-state index in [9.17, 15) is 0 Å². The van der Waals surface area contributed by atoms with Gasteiger partial charge in [-0.3, -0.25) is 0 Å². The molecule has 1 aromatic heterocycles. The summed E-state index contributed by atoms with van der Waals surface area (Å²) in [5, 5.41) is 0. The van der Waals surface area contributed by atoms with E-state index in [0.717, 1.165) is 11.5 Å². The molecular weight excluding hydrogens is 174 g/mol. The van der Waals surface area contributed by atoms with E-state index in [1.54, 1.807) is 0 Å². The Morgan fingerprint density at radius 1 is 1.29 bits per heavy atom. The first kappa shape index (κ1) is 9.78. The van der Waals surface area contributed by atoms with Crippen LogP contribution in [0.25, 0.3) is 0 Å². The summed E-state index contributed by atoms with van der Waals surface area (Å²) in [6.45, 7) is 1.97. The molecule has 0 spiro atoms. The van der Waals surface area contributed by atoms with Crippen LogP contribution < -0.4 is 5.73 Å². The van der Waals surface area contributed by atoms with E-state index in [0.29, 0.717) is 5.92 Å². The fourth-order valence-corrected chi connectivity index (χ4v) is 2.36. The summed E-state index contributed by atoms with van der Waals surface area (Å²) in [4.78, 5) is 0. The Morgan fingerprint density at radius 3 is 2.57 bits per heavy atom. The van der Waals surface area contributed by atoms with E-state index in [1.165, 1.54) is 32.1 Å². The molecule has 1 unspecified atom stereocenters. The fourth-order valence-electron chi connectivity index (χ4n) is 2.36. The third-order valence-corrected chi connectivity index (χ3v) is 3.25. The number of hydrogen-bond donors (Lipinski definition) is 1. The Kier molecular flexibility index (Phi) is 2.92. The molecule has 0 bridgehead atoms. The quantitative estimate of drug-likeness (QED) is 0.783. The molecule has 0 aromatic carbocycles. The van der Waals surface area contributed by atoms with Crippen LogP contribution in [0.3, 0.4) is 0 Å². The third-order valence-electron chi connectivity index (χ3n) is 3.25. The van der Waals surface area contributed by atoms with Gasteiger partial charge in [0.1, 0.15) is 11.5 Å². The second-order valence-electron chi connectivity index (χ2n) is 4.37.